The Kier molecular flexibility index (Phi) is 5.27. The van der Waals surface area contributed by atoms with Gasteiger partial charge in [-0.05, 0) is 35.6 Å². The first-order chi connectivity index (χ1) is 12.9. The molecule has 0 saturated carbocycles. The van der Waals surface area contributed by atoms with E-state index < -0.39 is 16.7 Å². The first kappa shape index (κ1) is 18.7. The van der Waals surface area contributed by atoms with Gasteiger partial charge in [-0.1, -0.05) is 30.8 Å². The lowest BCUT2D eigenvalue weighted by molar-refractivity contribution is -0.387. The Morgan fingerprint density at radius 2 is 2.07 bits per heavy atom. The molecule has 27 heavy (non-hydrogen) atoms. The molecule has 0 aliphatic carbocycles. The van der Waals surface area contributed by atoms with Crippen molar-refractivity contribution < 1.29 is 9.72 Å². The number of carbonyl (C=O) groups is 1. The number of primary amides is 1. The fourth-order valence-electron chi connectivity index (χ4n) is 2.76. The van der Waals surface area contributed by atoms with E-state index in [1.54, 1.807) is 25.4 Å². The highest BCUT2D eigenvalue weighted by Gasteiger charge is 2.21. The summed E-state index contributed by atoms with van der Waals surface area (Å²) in [5, 5.41) is 13.5. The van der Waals surface area contributed by atoms with Crippen molar-refractivity contribution in [2.24, 2.45) is 11.7 Å². The van der Waals surface area contributed by atoms with E-state index in [4.69, 9.17) is 11.5 Å². The number of fused-ring (bicyclic) bond motifs is 1. The molecule has 3 rings (SSSR count). The molecule has 1 amide bonds. The van der Waals surface area contributed by atoms with Crippen molar-refractivity contribution in [3.05, 3.63) is 64.5 Å². The molecular formula is C19H18N4O3S. The van der Waals surface area contributed by atoms with E-state index in [2.05, 4.69) is 4.98 Å². The standard InChI is InChI=1S/C19H18N4O3S/c1-11(19(21)24)7-13-8-16(23(25)26)18(9-15(13)20)27-17-4-2-3-12-10-22-6-5-14(12)17/h2-6,8-11H,7,20H2,1H3,(H2,21,24). The first-order valence-electron chi connectivity index (χ1n) is 8.23. The zero-order valence-electron chi connectivity index (χ0n) is 14.6. The zero-order valence-corrected chi connectivity index (χ0v) is 15.4. The fraction of sp³-hybridized carbons (Fsp3) is 0.158. The van der Waals surface area contributed by atoms with Crippen LogP contribution < -0.4 is 11.5 Å². The fourth-order valence-corrected chi connectivity index (χ4v) is 3.86. The van der Waals surface area contributed by atoms with Gasteiger partial charge in [0.2, 0.25) is 5.91 Å². The minimum atomic E-state index is -0.472. The molecule has 0 bridgehead atoms. The molecule has 0 aliphatic rings. The van der Waals surface area contributed by atoms with Gasteiger partial charge in [-0.2, -0.15) is 0 Å². The van der Waals surface area contributed by atoms with Crippen LogP contribution in [-0.2, 0) is 11.2 Å². The molecule has 1 heterocycles. The molecule has 138 valence electrons. The van der Waals surface area contributed by atoms with Crippen LogP contribution in [0.3, 0.4) is 0 Å². The zero-order chi connectivity index (χ0) is 19.6. The molecule has 1 unspecified atom stereocenters. The summed E-state index contributed by atoms with van der Waals surface area (Å²) in [6, 6.07) is 10.6. The van der Waals surface area contributed by atoms with Crippen LogP contribution in [-0.4, -0.2) is 15.8 Å². The summed E-state index contributed by atoms with van der Waals surface area (Å²) in [5.41, 5.74) is 12.3. The van der Waals surface area contributed by atoms with E-state index in [-0.39, 0.29) is 12.1 Å². The molecule has 3 aromatic rings. The van der Waals surface area contributed by atoms with Crippen molar-refractivity contribution in [3.8, 4) is 0 Å². The number of nitrogens with zero attached hydrogens (tertiary/aromatic N) is 2. The van der Waals surface area contributed by atoms with Gasteiger partial charge in [0.15, 0.2) is 0 Å². The second-order valence-electron chi connectivity index (χ2n) is 6.24. The Balaban J connectivity index is 2.03. The van der Waals surface area contributed by atoms with Gasteiger partial charge < -0.3 is 11.5 Å². The van der Waals surface area contributed by atoms with Crippen molar-refractivity contribution >= 4 is 39.8 Å². The Morgan fingerprint density at radius 1 is 1.30 bits per heavy atom. The number of amides is 1. The largest absolute Gasteiger partial charge is 0.398 e. The summed E-state index contributed by atoms with van der Waals surface area (Å²) in [6.07, 6.45) is 3.69. The van der Waals surface area contributed by atoms with Crippen molar-refractivity contribution in [1.29, 1.82) is 0 Å². The number of aromatic nitrogens is 1. The third-order valence-electron chi connectivity index (χ3n) is 4.29. The highest BCUT2D eigenvalue weighted by molar-refractivity contribution is 7.99. The van der Waals surface area contributed by atoms with Crippen LogP contribution in [0, 0.1) is 16.0 Å². The highest BCUT2D eigenvalue weighted by atomic mass is 32.2. The van der Waals surface area contributed by atoms with Gasteiger partial charge in [0, 0.05) is 40.3 Å². The monoisotopic (exact) mass is 382 g/mol. The van der Waals surface area contributed by atoms with Crippen molar-refractivity contribution in [2.45, 2.75) is 23.1 Å². The number of hydrogen-bond acceptors (Lipinski definition) is 6. The van der Waals surface area contributed by atoms with Crippen LogP contribution in [0.1, 0.15) is 12.5 Å². The average Bonchev–Trinajstić information content (AvgIpc) is 2.63. The quantitative estimate of drug-likeness (QED) is 0.381. The van der Waals surface area contributed by atoms with E-state index in [1.165, 1.54) is 17.8 Å². The third-order valence-corrected chi connectivity index (χ3v) is 5.41. The van der Waals surface area contributed by atoms with Gasteiger partial charge in [0.25, 0.3) is 5.69 Å². The van der Waals surface area contributed by atoms with Gasteiger partial charge in [-0.25, -0.2) is 0 Å². The second-order valence-corrected chi connectivity index (χ2v) is 7.32. The summed E-state index contributed by atoms with van der Waals surface area (Å²) in [4.78, 5) is 27.9. The SMILES string of the molecule is CC(Cc1cc([N+](=O)[O-])c(Sc2cccc3cnccc23)cc1N)C(N)=O. The Morgan fingerprint density at radius 3 is 2.78 bits per heavy atom. The normalized spacial score (nSPS) is 12.0. The maximum atomic E-state index is 11.6. The van der Waals surface area contributed by atoms with Gasteiger partial charge in [0.05, 0.1) is 9.82 Å². The molecular weight excluding hydrogens is 364 g/mol. The molecule has 1 atom stereocenters. The van der Waals surface area contributed by atoms with Crippen LogP contribution in [0.4, 0.5) is 11.4 Å². The predicted molar refractivity (Wildman–Crippen MR) is 105 cm³/mol. The molecule has 1 aromatic heterocycles. The first-order valence-corrected chi connectivity index (χ1v) is 9.05. The van der Waals surface area contributed by atoms with Crippen LogP contribution >= 0.6 is 11.8 Å². The predicted octanol–water partition coefficient (Wildman–Crippen LogP) is 3.54. The number of nitro benzene ring substituents is 1. The van der Waals surface area contributed by atoms with E-state index in [1.807, 2.05) is 24.3 Å². The Labute approximate surface area is 159 Å². The van der Waals surface area contributed by atoms with Crippen LogP contribution in [0.15, 0.2) is 58.6 Å². The number of nitro groups is 1. The number of hydrogen-bond donors (Lipinski definition) is 2. The third kappa shape index (κ3) is 4.01. The lowest BCUT2D eigenvalue weighted by atomic mass is 9.99. The number of benzene rings is 2. The highest BCUT2D eigenvalue weighted by Crippen LogP contribution is 2.40. The molecule has 4 N–H and O–H groups in total. The van der Waals surface area contributed by atoms with Gasteiger partial charge >= 0.3 is 0 Å². The van der Waals surface area contributed by atoms with Gasteiger partial charge in [0.1, 0.15) is 0 Å². The Bertz CT molecular complexity index is 1030. The van der Waals surface area contributed by atoms with E-state index in [0.717, 1.165) is 15.7 Å². The molecule has 0 spiro atoms. The summed E-state index contributed by atoms with van der Waals surface area (Å²) >= 11 is 1.28. The molecule has 0 aliphatic heterocycles. The molecule has 8 heteroatoms. The van der Waals surface area contributed by atoms with Crippen molar-refractivity contribution in [2.75, 3.05) is 5.73 Å². The molecule has 2 aromatic carbocycles. The average molecular weight is 382 g/mol. The topological polar surface area (TPSA) is 125 Å². The maximum Gasteiger partial charge on any atom is 0.283 e. The van der Waals surface area contributed by atoms with Crippen molar-refractivity contribution in [1.82, 2.24) is 4.98 Å². The molecule has 0 fully saturated rings. The Hall–Kier alpha value is -3.13. The second kappa shape index (κ2) is 7.63. The van der Waals surface area contributed by atoms with Crippen molar-refractivity contribution in [3.63, 3.8) is 0 Å². The maximum absolute atomic E-state index is 11.6. The summed E-state index contributed by atoms with van der Waals surface area (Å²) in [7, 11) is 0. The number of nitrogen functional groups attached to an aromatic ring is 1. The van der Waals surface area contributed by atoms with E-state index in [0.29, 0.717) is 16.1 Å². The van der Waals surface area contributed by atoms with E-state index in [9.17, 15) is 14.9 Å². The lowest BCUT2D eigenvalue weighted by Gasteiger charge is -2.12. The van der Waals surface area contributed by atoms with E-state index >= 15 is 0 Å². The summed E-state index contributed by atoms with van der Waals surface area (Å²) in [6.45, 7) is 1.67. The number of rotatable bonds is 6. The number of nitrogens with two attached hydrogens (primary N) is 2. The summed E-state index contributed by atoms with van der Waals surface area (Å²) < 4.78 is 0. The number of anilines is 1. The van der Waals surface area contributed by atoms with Gasteiger partial charge in [-0.3, -0.25) is 19.9 Å². The minimum absolute atomic E-state index is 0.0491. The lowest BCUT2D eigenvalue weighted by Crippen LogP contribution is -2.22. The number of carbonyl (C=O) groups excluding carboxylic acids is 1. The van der Waals surface area contributed by atoms with Crippen LogP contribution in [0.5, 0.6) is 0 Å². The number of pyridine rings is 1. The van der Waals surface area contributed by atoms with Gasteiger partial charge in [-0.15, -0.1) is 0 Å². The molecule has 0 saturated heterocycles. The smallest absolute Gasteiger partial charge is 0.283 e. The van der Waals surface area contributed by atoms with Crippen LogP contribution in [0.2, 0.25) is 0 Å². The summed E-state index contributed by atoms with van der Waals surface area (Å²) in [5.74, 6) is -0.934. The molecule has 7 nitrogen and oxygen atoms in total. The minimum Gasteiger partial charge on any atom is -0.398 e. The molecule has 0 radical (unpaired) electrons. The van der Waals surface area contributed by atoms with Crippen LogP contribution in [0.25, 0.3) is 10.8 Å².